The van der Waals surface area contributed by atoms with E-state index in [9.17, 15) is 9.59 Å². The monoisotopic (exact) mass is 422 g/mol. The Hall–Kier alpha value is -2.63. The summed E-state index contributed by atoms with van der Waals surface area (Å²) in [5.41, 5.74) is 5.13. The Labute approximate surface area is 185 Å². The molecule has 2 heterocycles. The second-order valence-corrected chi connectivity index (χ2v) is 9.09. The highest BCUT2D eigenvalue weighted by atomic mass is 16.2. The number of carbonyl (C=O) groups is 2. The third-order valence-corrected chi connectivity index (χ3v) is 6.85. The van der Waals surface area contributed by atoms with Gasteiger partial charge in [-0.15, -0.1) is 0 Å². The molecular formula is C25H34N4O2. The molecule has 1 saturated carbocycles. The van der Waals surface area contributed by atoms with Gasteiger partial charge < -0.3 is 10.2 Å². The first kappa shape index (κ1) is 21.6. The number of nitrogens with one attached hydrogen (secondary N) is 1. The van der Waals surface area contributed by atoms with Crippen LogP contribution in [0.3, 0.4) is 0 Å². The fraction of sp³-hybridized carbons (Fsp3) is 0.560. The molecule has 2 aliphatic rings. The predicted molar refractivity (Wildman–Crippen MR) is 121 cm³/mol. The third-order valence-electron chi connectivity index (χ3n) is 6.85. The smallest absolute Gasteiger partial charge is 0.251 e. The number of aromatic nitrogens is 2. The van der Waals surface area contributed by atoms with Gasteiger partial charge >= 0.3 is 0 Å². The van der Waals surface area contributed by atoms with Crippen LogP contribution in [0.5, 0.6) is 0 Å². The molecule has 0 atom stereocenters. The zero-order valence-electron chi connectivity index (χ0n) is 19.0. The third kappa shape index (κ3) is 5.00. The number of rotatable bonds is 7. The lowest BCUT2D eigenvalue weighted by Crippen LogP contribution is -2.39. The van der Waals surface area contributed by atoms with Crippen LogP contribution in [0.15, 0.2) is 24.3 Å². The maximum atomic E-state index is 12.6. The van der Waals surface area contributed by atoms with Crippen molar-refractivity contribution in [2.75, 3.05) is 13.1 Å². The number of benzene rings is 1. The summed E-state index contributed by atoms with van der Waals surface area (Å²) in [6.45, 7) is 9.23. The Morgan fingerprint density at radius 3 is 2.32 bits per heavy atom. The van der Waals surface area contributed by atoms with Crippen LogP contribution in [0.4, 0.5) is 0 Å². The molecule has 1 aliphatic carbocycles. The lowest BCUT2D eigenvalue weighted by atomic mass is 9.89. The number of likely N-dealkylation sites (tertiary alicyclic amines) is 1. The van der Waals surface area contributed by atoms with Crippen molar-refractivity contribution in [3.63, 3.8) is 0 Å². The van der Waals surface area contributed by atoms with E-state index >= 15 is 0 Å². The first-order valence-corrected chi connectivity index (χ1v) is 11.6. The van der Waals surface area contributed by atoms with Gasteiger partial charge in [0.05, 0.1) is 5.69 Å². The van der Waals surface area contributed by atoms with E-state index < -0.39 is 0 Å². The van der Waals surface area contributed by atoms with Gasteiger partial charge in [-0.2, -0.15) is 5.10 Å². The SMILES string of the molecule is CCn1nc(C)c(CNC(=O)c2ccc(CC3CCN(C(=O)C4CC4)CC3)cc2)c1C. The normalized spacial score (nSPS) is 17.1. The van der Waals surface area contributed by atoms with Crippen molar-refractivity contribution in [1.82, 2.24) is 20.0 Å². The molecule has 0 bridgehead atoms. The van der Waals surface area contributed by atoms with E-state index in [1.165, 1.54) is 5.56 Å². The molecule has 31 heavy (non-hydrogen) atoms. The zero-order valence-corrected chi connectivity index (χ0v) is 19.0. The van der Waals surface area contributed by atoms with E-state index in [0.29, 0.717) is 29.9 Å². The molecule has 2 aromatic rings. The van der Waals surface area contributed by atoms with Crippen molar-refractivity contribution in [2.24, 2.45) is 11.8 Å². The number of hydrogen-bond donors (Lipinski definition) is 1. The minimum absolute atomic E-state index is 0.0542. The maximum absolute atomic E-state index is 12.6. The van der Waals surface area contributed by atoms with Crippen molar-refractivity contribution < 1.29 is 9.59 Å². The summed E-state index contributed by atoms with van der Waals surface area (Å²) in [6, 6.07) is 7.99. The predicted octanol–water partition coefficient (Wildman–Crippen LogP) is 3.64. The largest absolute Gasteiger partial charge is 0.348 e. The molecule has 0 radical (unpaired) electrons. The van der Waals surface area contributed by atoms with Crippen molar-refractivity contribution in [1.29, 1.82) is 0 Å². The molecular weight excluding hydrogens is 388 g/mol. The van der Waals surface area contributed by atoms with Gasteiger partial charge in [-0.05, 0) is 76.5 Å². The molecule has 6 heteroatoms. The van der Waals surface area contributed by atoms with Gasteiger partial charge in [0.25, 0.3) is 5.91 Å². The van der Waals surface area contributed by atoms with Crippen molar-refractivity contribution in [3.05, 3.63) is 52.3 Å². The standard InChI is InChI=1S/C25H34N4O2/c1-4-29-18(3)23(17(2)27-29)16-26-24(30)21-7-5-19(6-8-21)15-20-11-13-28(14-12-20)25(31)22-9-10-22/h5-8,20,22H,4,9-16H2,1-3H3,(H,26,30). The second-order valence-electron chi connectivity index (χ2n) is 9.09. The minimum Gasteiger partial charge on any atom is -0.348 e. The minimum atomic E-state index is -0.0542. The van der Waals surface area contributed by atoms with Crippen LogP contribution in [0.1, 0.15) is 65.5 Å². The molecule has 4 rings (SSSR count). The fourth-order valence-electron chi connectivity index (χ4n) is 4.64. The molecule has 1 N–H and O–H groups in total. The maximum Gasteiger partial charge on any atom is 0.251 e. The van der Waals surface area contributed by atoms with Crippen molar-refractivity contribution >= 4 is 11.8 Å². The molecule has 1 aromatic carbocycles. The molecule has 166 valence electrons. The quantitative estimate of drug-likeness (QED) is 0.741. The van der Waals surface area contributed by atoms with Crippen LogP contribution in [0.25, 0.3) is 0 Å². The zero-order chi connectivity index (χ0) is 22.0. The van der Waals surface area contributed by atoms with Gasteiger partial charge in [0, 0.05) is 48.9 Å². The summed E-state index contributed by atoms with van der Waals surface area (Å²) in [5, 5.41) is 7.55. The highest BCUT2D eigenvalue weighted by Gasteiger charge is 2.34. The molecule has 6 nitrogen and oxygen atoms in total. The van der Waals surface area contributed by atoms with Crippen LogP contribution < -0.4 is 5.32 Å². The summed E-state index contributed by atoms with van der Waals surface area (Å²) in [7, 11) is 0. The molecule has 1 aromatic heterocycles. The Kier molecular flexibility index (Phi) is 6.44. The van der Waals surface area contributed by atoms with Crippen molar-refractivity contribution in [3.8, 4) is 0 Å². The Morgan fingerprint density at radius 1 is 1.06 bits per heavy atom. The van der Waals surface area contributed by atoms with Gasteiger partial charge in [0.2, 0.25) is 5.91 Å². The average molecular weight is 423 g/mol. The van der Waals surface area contributed by atoms with E-state index in [2.05, 4.69) is 34.4 Å². The lowest BCUT2D eigenvalue weighted by molar-refractivity contribution is -0.133. The topological polar surface area (TPSA) is 67.2 Å². The number of piperidine rings is 1. The van der Waals surface area contributed by atoms with E-state index in [0.717, 1.165) is 68.7 Å². The Morgan fingerprint density at radius 2 is 1.74 bits per heavy atom. The first-order valence-electron chi connectivity index (χ1n) is 11.6. The Bertz CT molecular complexity index is 935. The number of carbonyl (C=O) groups excluding carboxylic acids is 2. The van der Waals surface area contributed by atoms with E-state index in [1.807, 2.05) is 30.7 Å². The van der Waals surface area contributed by atoms with Crippen molar-refractivity contribution in [2.45, 2.75) is 66.0 Å². The number of aryl methyl sites for hydroxylation is 2. The first-order chi connectivity index (χ1) is 15.0. The number of nitrogens with zero attached hydrogens (tertiary/aromatic N) is 3. The Balaban J connectivity index is 1.26. The molecule has 1 aliphatic heterocycles. The van der Waals surface area contributed by atoms with E-state index in [4.69, 9.17) is 0 Å². The van der Waals surface area contributed by atoms with Crippen LogP contribution in [-0.4, -0.2) is 39.6 Å². The summed E-state index contributed by atoms with van der Waals surface area (Å²) in [4.78, 5) is 26.9. The summed E-state index contributed by atoms with van der Waals surface area (Å²) in [5.74, 6) is 1.26. The average Bonchev–Trinajstić information content (AvgIpc) is 3.59. The molecule has 2 amide bonds. The van der Waals surface area contributed by atoms with Gasteiger partial charge in [-0.1, -0.05) is 12.1 Å². The molecule has 0 unspecified atom stereocenters. The molecule has 2 fully saturated rings. The second kappa shape index (κ2) is 9.25. The van der Waals surface area contributed by atoms with Crippen LogP contribution in [0.2, 0.25) is 0 Å². The highest BCUT2D eigenvalue weighted by molar-refractivity contribution is 5.94. The van der Waals surface area contributed by atoms with Crippen LogP contribution in [0, 0.1) is 25.7 Å². The number of hydrogen-bond acceptors (Lipinski definition) is 3. The summed E-state index contributed by atoms with van der Waals surface area (Å²) in [6.07, 6.45) is 5.33. The molecule has 1 saturated heterocycles. The van der Waals surface area contributed by atoms with Gasteiger partial charge in [-0.25, -0.2) is 0 Å². The van der Waals surface area contributed by atoms with Crippen LogP contribution in [-0.2, 0) is 24.3 Å². The van der Waals surface area contributed by atoms with Gasteiger partial charge in [0.15, 0.2) is 0 Å². The fourth-order valence-corrected chi connectivity index (χ4v) is 4.64. The van der Waals surface area contributed by atoms with Gasteiger partial charge in [0.1, 0.15) is 0 Å². The van der Waals surface area contributed by atoms with E-state index in [1.54, 1.807) is 0 Å². The van der Waals surface area contributed by atoms with Crippen LogP contribution >= 0.6 is 0 Å². The molecule has 0 spiro atoms. The summed E-state index contributed by atoms with van der Waals surface area (Å²) < 4.78 is 1.97. The lowest BCUT2D eigenvalue weighted by Gasteiger charge is -2.32. The van der Waals surface area contributed by atoms with Gasteiger partial charge in [-0.3, -0.25) is 14.3 Å². The highest BCUT2D eigenvalue weighted by Crippen LogP contribution is 2.33. The number of amides is 2. The summed E-state index contributed by atoms with van der Waals surface area (Å²) >= 11 is 0. The van der Waals surface area contributed by atoms with E-state index in [-0.39, 0.29) is 5.91 Å².